The van der Waals surface area contributed by atoms with Crippen molar-refractivity contribution in [2.24, 2.45) is 0 Å². The van der Waals surface area contributed by atoms with Crippen LogP contribution in [0.15, 0.2) is 24.3 Å². The minimum absolute atomic E-state index is 0.0208. The maximum atomic E-state index is 6.16. The number of hydrogen-bond donors (Lipinski definition) is 1. The Morgan fingerprint density at radius 3 is 2.71 bits per heavy atom. The third-order valence-corrected chi connectivity index (χ3v) is 4.29. The molecule has 0 amide bonds. The average Bonchev–Trinajstić information content (AvgIpc) is 2.88. The number of benzene rings is 1. The maximum Gasteiger partial charge on any atom is 0.0860 e. The van der Waals surface area contributed by atoms with Crippen molar-refractivity contribution in [1.82, 2.24) is 14.9 Å². The summed E-state index contributed by atoms with van der Waals surface area (Å²) in [6, 6.07) is 8.10. The number of aromatic nitrogens is 2. The van der Waals surface area contributed by atoms with Crippen LogP contribution >= 0.6 is 23.1 Å². The van der Waals surface area contributed by atoms with Crippen molar-refractivity contribution in [3.63, 3.8) is 0 Å². The van der Waals surface area contributed by atoms with Gasteiger partial charge in [0, 0.05) is 10.4 Å². The van der Waals surface area contributed by atoms with Crippen LogP contribution in [0.5, 0.6) is 0 Å². The highest BCUT2D eigenvalue weighted by atomic mass is 35.5. The molecule has 0 saturated carbocycles. The van der Waals surface area contributed by atoms with E-state index in [2.05, 4.69) is 48.7 Å². The first-order chi connectivity index (χ1) is 9.93. The second kappa shape index (κ2) is 6.86. The topological polar surface area (TPSA) is 37.8 Å². The van der Waals surface area contributed by atoms with Gasteiger partial charge in [-0.1, -0.05) is 55.9 Å². The molecule has 1 atom stereocenters. The molecule has 114 valence electrons. The lowest BCUT2D eigenvalue weighted by Crippen LogP contribution is -2.25. The lowest BCUT2D eigenvalue weighted by molar-refractivity contribution is 0.538. The summed E-state index contributed by atoms with van der Waals surface area (Å²) in [6.07, 6.45) is 1.08. The van der Waals surface area contributed by atoms with E-state index in [1.807, 2.05) is 18.2 Å². The lowest BCUT2D eigenvalue weighted by Gasteiger charge is -2.23. The monoisotopic (exact) mass is 323 g/mol. The van der Waals surface area contributed by atoms with Gasteiger partial charge >= 0.3 is 0 Å². The van der Waals surface area contributed by atoms with Crippen LogP contribution in [0.25, 0.3) is 0 Å². The van der Waals surface area contributed by atoms with Crippen LogP contribution in [0.2, 0.25) is 5.02 Å². The van der Waals surface area contributed by atoms with Crippen LogP contribution < -0.4 is 5.32 Å². The van der Waals surface area contributed by atoms with Gasteiger partial charge in [-0.25, -0.2) is 0 Å². The highest BCUT2D eigenvalue weighted by Gasteiger charge is 2.28. The zero-order valence-corrected chi connectivity index (χ0v) is 14.6. The first kappa shape index (κ1) is 16.4. The largest absolute Gasteiger partial charge is 0.305 e. The first-order valence-corrected chi connectivity index (χ1v) is 8.40. The van der Waals surface area contributed by atoms with Crippen molar-refractivity contribution in [3.05, 3.63) is 45.4 Å². The van der Waals surface area contributed by atoms with E-state index in [0.29, 0.717) is 0 Å². The molecule has 1 aromatic carbocycles. The molecule has 0 spiro atoms. The van der Waals surface area contributed by atoms with Crippen molar-refractivity contribution in [2.45, 2.75) is 45.6 Å². The molecule has 3 nitrogen and oxygen atoms in total. The molecule has 1 heterocycles. The molecular weight excluding hydrogens is 302 g/mol. The minimum Gasteiger partial charge on any atom is -0.305 e. The van der Waals surface area contributed by atoms with Gasteiger partial charge in [0.05, 0.1) is 16.6 Å². The van der Waals surface area contributed by atoms with E-state index in [4.69, 9.17) is 11.6 Å². The van der Waals surface area contributed by atoms with Gasteiger partial charge in [0.2, 0.25) is 0 Å². The zero-order valence-electron chi connectivity index (χ0n) is 13.0. The van der Waals surface area contributed by atoms with Gasteiger partial charge in [0.15, 0.2) is 0 Å². The summed E-state index contributed by atoms with van der Waals surface area (Å²) in [5, 5.41) is 8.71. The molecule has 2 rings (SSSR count). The van der Waals surface area contributed by atoms with E-state index in [-0.39, 0.29) is 11.5 Å². The Hall–Kier alpha value is -0.970. The number of nitrogens with zero attached hydrogens (tertiary/aromatic N) is 2. The third kappa shape index (κ3) is 4.02. The molecule has 0 saturated heterocycles. The summed E-state index contributed by atoms with van der Waals surface area (Å²) in [5.74, 6) is 0. The fraction of sp³-hybridized carbons (Fsp3) is 0.500. The molecule has 0 bridgehead atoms. The number of halogens is 1. The standard InChI is InChI=1S/C16H22ClN3S/c1-5-9-18-13(11-7-6-8-12(17)10-11)14-15(16(2,3)4)19-20-21-14/h6-8,10,13,18H,5,9H2,1-4H3. The molecule has 1 N–H and O–H groups in total. The predicted molar refractivity (Wildman–Crippen MR) is 90.2 cm³/mol. The van der Waals surface area contributed by atoms with Crippen LogP contribution in [0.4, 0.5) is 0 Å². The molecular formula is C16H22ClN3S. The van der Waals surface area contributed by atoms with Crippen LogP contribution in [0.1, 0.15) is 56.3 Å². The van der Waals surface area contributed by atoms with Gasteiger partial charge < -0.3 is 5.32 Å². The van der Waals surface area contributed by atoms with E-state index in [0.717, 1.165) is 29.2 Å². The Bertz CT molecular complexity index is 589. The molecule has 0 aliphatic carbocycles. The van der Waals surface area contributed by atoms with Gasteiger partial charge in [-0.15, -0.1) is 5.10 Å². The van der Waals surface area contributed by atoms with E-state index in [1.165, 1.54) is 16.4 Å². The summed E-state index contributed by atoms with van der Waals surface area (Å²) >= 11 is 7.63. The smallest absolute Gasteiger partial charge is 0.0860 e. The Balaban J connectivity index is 2.44. The van der Waals surface area contributed by atoms with Crippen LogP contribution in [-0.2, 0) is 5.41 Å². The Kier molecular flexibility index (Phi) is 5.36. The highest BCUT2D eigenvalue weighted by Crippen LogP contribution is 2.34. The molecule has 5 heteroatoms. The van der Waals surface area contributed by atoms with Crippen LogP contribution in [-0.4, -0.2) is 16.1 Å². The van der Waals surface area contributed by atoms with Crippen molar-refractivity contribution >= 4 is 23.1 Å². The fourth-order valence-electron chi connectivity index (χ4n) is 2.24. The van der Waals surface area contributed by atoms with Gasteiger partial charge in [0.1, 0.15) is 0 Å². The maximum absolute atomic E-state index is 6.16. The summed E-state index contributed by atoms with van der Waals surface area (Å²) < 4.78 is 4.18. The summed E-state index contributed by atoms with van der Waals surface area (Å²) in [7, 11) is 0. The number of rotatable bonds is 5. The zero-order chi connectivity index (χ0) is 15.5. The van der Waals surface area contributed by atoms with Gasteiger partial charge in [-0.05, 0) is 42.2 Å². The number of hydrogen-bond acceptors (Lipinski definition) is 4. The Labute approximate surface area is 135 Å². The van der Waals surface area contributed by atoms with Crippen LogP contribution in [0, 0.1) is 0 Å². The van der Waals surface area contributed by atoms with E-state index in [1.54, 1.807) is 0 Å². The van der Waals surface area contributed by atoms with E-state index >= 15 is 0 Å². The number of nitrogens with one attached hydrogen (secondary N) is 1. The second-order valence-electron chi connectivity index (χ2n) is 6.18. The van der Waals surface area contributed by atoms with E-state index < -0.39 is 0 Å². The molecule has 0 radical (unpaired) electrons. The SMILES string of the molecule is CCCNC(c1cccc(Cl)c1)c1snnc1C(C)(C)C. The quantitative estimate of drug-likeness (QED) is 0.875. The normalized spacial score (nSPS) is 13.4. The molecule has 1 unspecified atom stereocenters. The second-order valence-corrected chi connectivity index (χ2v) is 7.40. The minimum atomic E-state index is -0.0208. The van der Waals surface area contributed by atoms with Gasteiger partial charge in [-0.2, -0.15) is 0 Å². The summed E-state index contributed by atoms with van der Waals surface area (Å²) in [4.78, 5) is 1.18. The van der Waals surface area contributed by atoms with Crippen molar-refractivity contribution < 1.29 is 0 Å². The van der Waals surface area contributed by atoms with Crippen molar-refractivity contribution in [3.8, 4) is 0 Å². The lowest BCUT2D eigenvalue weighted by atomic mass is 9.89. The average molecular weight is 324 g/mol. The summed E-state index contributed by atoms with van der Waals surface area (Å²) in [5.41, 5.74) is 2.20. The fourth-order valence-corrected chi connectivity index (χ4v) is 3.41. The molecule has 2 aromatic rings. The molecule has 1 aromatic heterocycles. The van der Waals surface area contributed by atoms with Crippen molar-refractivity contribution in [2.75, 3.05) is 6.54 Å². The van der Waals surface area contributed by atoms with Gasteiger partial charge in [-0.3, -0.25) is 0 Å². The molecule has 0 fully saturated rings. The third-order valence-electron chi connectivity index (χ3n) is 3.27. The Morgan fingerprint density at radius 2 is 2.10 bits per heavy atom. The molecule has 0 aliphatic heterocycles. The molecule has 0 aliphatic rings. The Morgan fingerprint density at radius 1 is 1.33 bits per heavy atom. The highest BCUT2D eigenvalue weighted by molar-refractivity contribution is 7.05. The van der Waals surface area contributed by atoms with Gasteiger partial charge in [0.25, 0.3) is 0 Å². The summed E-state index contributed by atoms with van der Waals surface area (Å²) in [6.45, 7) is 9.61. The van der Waals surface area contributed by atoms with Crippen molar-refractivity contribution in [1.29, 1.82) is 0 Å². The molecule has 21 heavy (non-hydrogen) atoms. The van der Waals surface area contributed by atoms with Crippen LogP contribution in [0.3, 0.4) is 0 Å². The first-order valence-electron chi connectivity index (χ1n) is 7.25. The predicted octanol–water partition coefficient (Wildman–Crippen LogP) is 4.58. The van der Waals surface area contributed by atoms with E-state index in [9.17, 15) is 0 Å².